The number of furan rings is 1. The molecule has 0 fully saturated rings. The number of rotatable bonds is 2. The van der Waals surface area contributed by atoms with Gasteiger partial charge in [0, 0.05) is 17.7 Å². The Hall–Kier alpha value is -1.35. The van der Waals surface area contributed by atoms with Crippen molar-refractivity contribution in [1.82, 2.24) is 9.97 Å². The van der Waals surface area contributed by atoms with Crippen molar-refractivity contribution < 1.29 is 4.42 Å². The highest BCUT2D eigenvalue weighted by atomic mass is 35.5. The Balaban J connectivity index is 2.03. The molecule has 0 saturated heterocycles. The van der Waals surface area contributed by atoms with E-state index in [1.165, 1.54) is 19.3 Å². The predicted molar refractivity (Wildman–Crippen MR) is 75.4 cm³/mol. The first-order chi connectivity index (χ1) is 9.28. The third-order valence-corrected chi connectivity index (χ3v) is 3.93. The molecule has 0 aliphatic heterocycles. The number of hydrogen-bond donors (Lipinski definition) is 0. The molecule has 0 spiro atoms. The maximum Gasteiger partial charge on any atom is 0.197 e. The van der Waals surface area contributed by atoms with Crippen molar-refractivity contribution in [2.24, 2.45) is 0 Å². The Labute approximate surface area is 118 Å². The maximum atomic E-state index is 6.32. The Morgan fingerprint density at radius 2 is 2.00 bits per heavy atom. The third kappa shape index (κ3) is 2.52. The van der Waals surface area contributed by atoms with Gasteiger partial charge in [-0.1, -0.05) is 24.9 Å². The van der Waals surface area contributed by atoms with Crippen molar-refractivity contribution in [3.05, 3.63) is 34.3 Å². The summed E-state index contributed by atoms with van der Waals surface area (Å²) >= 11 is 6.32. The standard InChI is InChI=1S/C15H17ClN2O/c1-2-10-8-9-13(19-10)15-17-12-7-5-3-4-6-11(12)14(16)18-15/h8-9H,2-7H2,1H3. The molecule has 0 N–H and O–H groups in total. The SMILES string of the molecule is CCc1ccc(-c2nc(Cl)c3c(n2)CCCCC3)o1. The van der Waals surface area contributed by atoms with Gasteiger partial charge in [0.2, 0.25) is 0 Å². The summed E-state index contributed by atoms with van der Waals surface area (Å²) in [5.41, 5.74) is 2.23. The molecule has 3 rings (SSSR count). The third-order valence-electron chi connectivity index (χ3n) is 3.61. The Kier molecular flexibility index (Phi) is 3.56. The molecule has 0 aromatic carbocycles. The summed E-state index contributed by atoms with van der Waals surface area (Å²) in [4.78, 5) is 9.07. The quantitative estimate of drug-likeness (QED) is 0.609. The second kappa shape index (κ2) is 5.33. The molecule has 1 aliphatic rings. The number of nitrogens with zero attached hydrogens (tertiary/aromatic N) is 2. The van der Waals surface area contributed by atoms with E-state index in [-0.39, 0.29) is 0 Å². The van der Waals surface area contributed by atoms with Gasteiger partial charge in [0.1, 0.15) is 10.9 Å². The van der Waals surface area contributed by atoms with Crippen LogP contribution in [0.5, 0.6) is 0 Å². The lowest BCUT2D eigenvalue weighted by Crippen LogP contribution is -2.01. The zero-order valence-corrected chi connectivity index (χ0v) is 11.8. The van der Waals surface area contributed by atoms with E-state index in [0.717, 1.165) is 36.3 Å². The van der Waals surface area contributed by atoms with Crippen LogP contribution in [0.1, 0.15) is 43.2 Å². The number of aryl methyl sites for hydroxylation is 2. The second-order valence-electron chi connectivity index (χ2n) is 4.94. The monoisotopic (exact) mass is 276 g/mol. The van der Waals surface area contributed by atoms with Gasteiger partial charge in [-0.05, 0) is 37.8 Å². The first-order valence-electron chi connectivity index (χ1n) is 6.92. The van der Waals surface area contributed by atoms with Crippen molar-refractivity contribution in [3.8, 4) is 11.6 Å². The van der Waals surface area contributed by atoms with Crippen molar-refractivity contribution in [2.75, 3.05) is 0 Å². The van der Waals surface area contributed by atoms with Crippen LogP contribution in [0.3, 0.4) is 0 Å². The molecule has 0 amide bonds. The fourth-order valence-electron chi connectivity index (χ4n) is 2.52. The highest BCUT2D eigenvalue weighted by Crippen LogP contribution is 2.28. The van der Waals surface area contributed by atoms with Crippen molar-refractivity contribution in [3.63, 3.8) is 0 Å². The highest BCUT2D eigenvalue weighted by Gasteiger charge is 2.17. The van der Waals surface area contributed by atoms with Gasteiger partial charge in [-0.15, -0.1) is 0 Å². The van der Waals surface area contributed by atoms with Gasteiger partial charge in [0.25, 0.3) is 0 Å². The smallest absolute Gasteiger partial charge is 0.197 e. The van der Waals surface area contributed by atoms with E-state index in [9.17, 15) is 0 Å². The molecular weight excluding hydrogens is 260 g/mol. The average Bonchev–Trinajstić information content (AvgIpc) is 2.77. The largest absolute Gasteiger partial charge is 0.458 e. The molecule has 2 aromatic rings. The van der Waals surface area contributed by atoms with Gasteiger partial charge in [-0.2, -0.15) is 0 Å². The van der Waals surface area contributed by atoms with Crippen LogP contribution in [0.2, 0.25) is 5.15 Å². The van der Waals surface area contributed by atoms with Crippen LogP contribution >= 0.6 is 11.6 Å². The minimum absolute atomic E-state index is 0.594. The molecule has 0 radical (unpaired) electrons. The van der Waals surface area contributed by atoms with E-state index in [0.29, 0.717) is 16.7 Å². The lowest BCUT2D eigenvalue weighted by Gasteiger charge is -2.08. The summed E-state index contributed by atoms with van der Waals surface area (Å²) in [7, 11) is 0. The highest BCUT2D eigenvalue weighted by molar-refractivity contribution is 6.30. The zero-order valence-electron chi connectivity index (χ0n) is 11.1. The molecule has 2 aromatic heterocycles. The minimum Gasteiger partial charge on any atom is -0.458 e. The van der Waals surface area contributed by atoms with E-state index in [2.05, 4.69) is 16.9 Å². The van der Waals surface area contributed by atoms with E-state index in [1.807, 2.05) is 12.1 Å². The van der Waals surface area contributed by atoms with Crippen LogP contribution in [-0.2, 0) is 19.3 Å². The first kappa shape index (κ1) is 12.7. The van der Waals surface area contributed by atoms with Gasteiger partial charge >= 0.3 is 0 Å². The first-order valence-corrected chi connectivity index (χ1v) is 7.30. The van der Waals surface area contributed by atoms with Gasteiger partial charge in [0.15, 0.2) is 11.6 Å². The molecule has 1 aliphatic carbocycles. The van der Waals surface area contributed by atoms with Gasteiger partial charge < -0.3 is 4.42 Å². The fraction of sp³-hybridized carbons (Fsp3) is 0.467. The zero-order chi connectivity index (χ0) is 13.2. The van der Waals surface area contributed by atoms with Crippen molar-refractivity contribution in [1.29, 1.82) is 0 Å². The van der Waals surface area contributed by atoms with Crippen LogP contribution in [0.25, 0.3) is 11.6 Å². The molecule has 0 unspecified atom stereocenters. The lowest BCUT2D eigenvalue weighted by atomic mass is 10.1. The summed E-state index contributed by atoms with van der Waals surface area (Å²) in [6, 6.07) is 3.89. The van der Waals surface area contributed by atoms with E-state index in [4.69, 9.17) is 16.0 Å². The molecule has 19 heavy (non-hydrogen) atoms. The molecule has 4 heteroatoms. The summed E-state index contributed by atoms with van der Waals surface area (Å²) in [5, 5.41) is 0.594. The van der Waals surface area contributed by atoms with Crippen LogP contribution in [0, 0.1) is 0 Å². The molecule has 0 bridgehead atoms. The molecule has 0 saturated carbocycles. The normalized spacial score (nSPS) is 15.1. The van der Waals surface area contributed by atoms with E-state index < -0.39 is 0 Å². The Morgan fingerprint density at radius 1 is 1.16 bits per heavy atom. The van der Waals surface area contributed by atoms with E-state index >= 15 is 0 Å². The lowest BCUT2D eigenvalue weighted by molar-refractivity contribution is 0.525. The average molecular weight is 277 g/mol. The van der Waals surface area contributed by atoms with Crippen LogP contribution < -0.4 is 0 Å². The number of fused-ring (bicyclic) bond motifs is 1. The van der Waals surface area contributed by atoms with Gasteiger partial charge in [0.05, 0.1) is 0 Å². The van der Waals surface area contributed by atoms with Crippen LogP contribution in [0.4, 0.5) is 0 Å². The Morgan fingerprint density at radius 3 is 2.79 bits per heavy atom. The summed E-state index contributed by atoms with van der Waals surface area (Å²) in [6.45, 7) is 2.06. The predicted octanol–water partition coefficient (Wildman–Crippen LogP) is 4.22. The minimum atomic E-state index is 0.594. The number of halogens is 1. The van der Waals surface area contributed by atoms with Gasteiger partial charge in [-0.3, -0.25) is 0 Å². The second-order valence-corrected chi connectivity index (χ2v) is 5.30. The number of hydrogen-bond acceptors (Lipinski definition) is 3. The maximum absolute atomic E-state index is 6.32. The van der Waals surface area contributed by atoms with Crippen molar-refractivity contribution >= 4 is 11.6 Å². The Bertz CT molecular complexity index is 592. The summed E-state index contributed by atoms with van der Waals surface area (Å²) in [5.74, 6) is 2.28. The van der Waals surface area contributed by atoms with E-state index in [1.54, 1.807) is 0 Å². The van der Waals surface area contributed by atoms with Gasteiger partial charge in [-0.25, -0.2) is 9.97 Å². The fourth-order valence-corrected chi connectivity index (χ4v) is 2.81. The molecule has 3 nitrogen and oxygen atoms in total. The van der Waals surface area contributed by atoms with Crippen LogP contribution in [0.15, 0.2) is 16.5 Å². The summed E-state index contributed by atoms with van der Waals surface area (Å²) < 4.78 is 5.71. The van der Waals surface area contributed by atoms with Crippen LogP contribution in [-0.4, -0.2) is 9.97 Å². The molecular formula is C15H17ClN2O. The summed E-state index contributed by atoms with van der Waals surface area (Å²) in [6.07, 6.45) is 6.45. The van der Waals surface area contributed by atoms with Crippen molar-refractivity contribution in [2.45, 2.75) is 45.4 Å². The molecule has 2 heterocycles. The molecule has 0 atom stereocenters. The molecule has 100 valence electrons. The topological polar surface area (TPSA) is 38.9 Å². The number of aromatic nitrogens is 2.